The first kappa shape index (κ1) is 17.0. The zero-order valence-corrected chi connectivity index (χ0v) is 16.3. The Labute approximate surface area is 145 Å². The van der Waals surface area contributed by atoms with Crippen LogP contribution in [0, 0.1) is 6.92 Å². The molecule has 0 unspecified atom stereocenters. The minimum absolute atomic E-state index is 0.826. The van der Waals surface area contributed by atoms with Crippen LogP contribution in [-0.4, -0.2) is 0 Å². The molecule has 0 bridgehead atoms. The second-order valence-corrected chi connectivity index (χ2v) is 9.07. The van der Waals surface area contributed by atoms with Gasteiger partial charge in [-0.05, 0) is 54.5 Å². The van der Waals surface area contributed by atoms with Crippen LogP contribution in [0.4, 0.5) is 0 Å². The van der Waals surface area contributed by atoms with E-state index in [-0.39, 0.29) is 0 Å². The number of fused-ring (bicyclic) bond motifs is 1. The monoisotopic (exact) mass is 394 g/mol. The van der Waals surface area contributed by atoms with Crippen LogP contribution in [0.2, 0.25) is 0 Å². The Kier molecular flexibility index (Phi) is 6.74. The molecule has 0 saturated heterocycles. The maximum atomic E-state index is 4.93. The van der Waals surface area contributed by atoms with Crippen LogP contribution in [0.25, 0.3) is 6.08 Å². The van der Waals surface area contributed by atoms with Crippen LogP contribution in [0.1, 0.15) is 34.7 Å². The van der Waals surface area contributed by atoms with Crippen molar-refractivity contribution in [2.45, 2.75) is 26.7 Å². The molecule has 0 spiro atoms. The summed E-state index contributed by atoms with van der Waals surface area (Å²) in [6.07, 6.45) is 4.53. The third kappa shape index (κ3) is 4.55. The molecule has 1 aliphatic rings. The number of allylic oxidation sites excluding steroid dienone is 1. The van der Waals surface area contributed by atoms with Gasteiger partial charge >= 0.3 is 37.9 Å². The molecule has 0 fully saturated rings. The maximum absolute atomic E-state index is 4.93. The van der Waals surface area contributed by atoms with Gasteiger partial charge in [0, 0.05) is 0 Å². The quantitative estimate of drug-likeness (QED) is 0.591. The standard InChI is InChI=1S/C18H18.2ClH.Zr/c1-13-10-17-14(2)8-9-16(18(17)11-13)12-15-6-4-3-5-7-15;;;/h3-9,11H,10,12H2,1-2H3;2*1H;/q;;;+2/p-2. The van der Waals surface area contributed by atoms with E-state index in [1.54, 1.807) is 0 Å². The number of halogens is 2. The van der Waals surface area contributed by atoms with Gasteiger partial charge in [0.2, 0.25) is 0 Å². The first-order valence-corrected chi connectivity index (χ1v) is 13.3. The molecule has 2 aromatic rings. The molecule has 0 radical (unpaired) electrons. The van der Waals surface area contributed by atoms with Crippen molar-refractivity contribution in [3.05, 3.63) is 75.9 Å². The molecule has 0 nitrogen and oxygen atoms in total. The van der Waals surface area contributed by atoms with Gasteiger partial charge in [-0.1, -0.05) is 54.1 Å². The first-order valence-electron chi connectivity index (χ1n) is 6.94. The number of benzene rings is 2. The van der Waals surface area contributed by atoms with Crippen LogP contribution in [-0.2, 0) is 33.7 Å². The Morgan fingerprint density at radius 2 is 1.67 bits per heavy atom. The van der Waals surface area contributed by atoms with Crippen LogP contribution >= 0.6 is 17.0 Å². The van der Waals surface area contributed by atoms with E-state index in [9.17, 15) is 0 Å². The number of aryl methyl sites for hydroxylation is 1. The summed E-state index contributed by atoms with van der Waals surface area (Å²) in [6, 6.07) is 15.3. The number of rotatable bonds is 2. The topological polar surface area (TPSA) is 0 Å². The molecule has 0 atom stereocenters. The van der Waals surface area contributed by atoms with Crippen molar-refractivity contribution in [2.75, 3.05) is 0 Å². The van der Waals surface area contributed by atoms with Gasteiger partial charge in [0.25, 0.3) is 0 Å². The van der Waals surface area contributed by atoms with E-state index in [2.05, 4.69) is 62.4 Å². The van der Waals surface area contributed by atoms with Gasteiger partial charge in [-0.25, -0.2) is 0 Å². The molecule has 0 N–H and O–H groups in total. The summed E-state index contributed by atoms with van der Waals surface area (Å²) in [5.41, 5.74) is 8.75. The second kappa shape index (κ2) is 8.32. The molecule has 3 rings (SSSR count). The summed E-state index contributed by atoms with van der Waals surface area (Å²) in [5.74, 6) is 0. The fourth-order valence-corrected chi connectivity index (χ4v) is 2.78. The van der Waals surface area contributed by atoms with Gasteiger partial charge in [-0.3, -0.25) is 0 Å². The van der Waals surface area contributed by atoms with E-state index in [1.165, 1.54) is 33.4 Å². The van der Waals surface area contributed by atoms with Crippen LogP contribution in [0.5, 0.6) is 0 Å². The Balaban J connectivity index is 0.000000497. The Hall–Kier alpha value is -0.357. The molecule has 1 aliphatic carbocycles. The van der Waals surface area contributed by atoms with Crippen molar-refractivity contribution in [1.29, 1.82) is 0 Å². The predicted octanol–water partition coefficient (Wildman–Crippen LogP) is 5.92. The molecule has 0 amide bonds. The molecule has 0 heterocycles. The normalized spacial score (nSPS) is 12.1. The first-order chi connectivity index (χ1) is 10.2. The third-order valence-electron chi connectivity index (χ3n) is 3.77. The molecule has 0 aliphatic heterocycles. The molecule has 2 aromatic carbocycles. The molecular weight excluding hydrogens is 378 g/mol. The van der Waals surface area contributed by atoms with Crippen molar-refractivity contribution >= 4 is 23.1 Å². The van der Waals surface area contributed by atoms with Gasteiger partial charge in [0.1, 0.15) is 0 Å². The van der Waals surface area contributed by atoms with Gasteiger partial charge in [0.15, 0.2) is 0 Å². The average molecular weight is 396 g/mol. The Bertz CT molecular complexity index is 633. The number of hydrogen-bond donors (Lipinski definition) is 0. The summed E-state index contributed by atoms with van der Waals surface area (Å²) in [5, 5.41) is 0. The fourth-order valence-electron chi connectivity index (χ4n) is 2.78. The van der Waals surface area contributed by atoms with E-state index in [0.29, 0.717) is 0 Å². The molecule has 0 saturated carbocycles. The van der Waals surface area contributed by atoms with Crippen molar-refractivity contribution in [3.63, 3.8) is 0 Å². The second-order valence-electron chi connectivity index (χ2n) is 5.34. The average Bonchev–Trinajstić information content (AvgIpc) is 2.87. The Morgan fingerprint density at radius 1 is 1.00 bits per heavy atom. The van der Waals surface area contributed by atoms with Crippen molar-refractivity contribution in [1.82, 2.24) is 0 Å². The van der Waals surface area contributed by atoms with Gasteiger partial charge in [-0.2, -0.15) is 0 Å². The molecule has 108 valence electrons. The van der Waals surface area contributed by atoms with E-state index in [1.807, 2.05) is 0 Å². The summed E-state index contributed by atoms with van der Waals surface area (Å²) < 4.78 is 0. The van der Waals surface area contributed by atoms with Crippen molar-refractivity contribution in [3.8, 4) is 0 Å². The summed E-state index contributed by atoms with van der Waals surface area (Å²) >= 11 is -0.826. The van der Waals surface area contributed by atoms with E-state index < -0.39 is 20.8 Å². The van der Waals surface area contributed by atoms with Gasteiger partial charge in [-0.15, -0.1) is 0 Å². The van der Waals surface area contributed by atoms with E-state index in [4.69, 9.17) is 17.0 Å². The molecule has 0 aromatic heterocycles. The molecular formula is C18H18Cl2Zr. The van der Waals surface area contributed by atoms with Gasteiger partial charge in [0.05, 0.1) is 0 Å². The predicted molar refractivity (Wildman–Crippen MR) is 89.5 cm³/mol. The van der Waals surface area contributed by atoms with Crippen LogP contribution in [0.3, 0.4) is 0 Å². The molecule has 3 heteroatoms. The summed E-state index contributed by atoms with van der Waals surface area (Å²) in [4.78, 5) is 0. The van der Waals surface area contributed by atoms with Crippen LogP contribution in [0.15, 0.2) is 48.0 Å². The minimum atomic E-state index is -0.826. The fraction of sp³-hybridized carbons (Fsp3) is 0.222. The van der Waals surface area contributed by atoms with E-state index >= 15 is 0 Å². The summed E-state index contributed by atoms with van der Waals surface area (Å²) in [7, 11) is 9.87. The van der Waals surface area contributed by atoms with Crippen LogP contribution < -0.4 is 0 Å². The third-order valence-corrected chi connectivity index (χ3v) is 3.77. The van der Waals surface area contributed by atoms with Crippen molar-refractivity contribution in [2.24, 2.45) is 0 Å². The van der Waals surface area contributed by atoms with E-state index in [0.717, 1.165) is 12.8 Å². The molecule has 21 heavy (non-hydrogen) atoms. The number of hydrogen-bond acceptors (Lipinski definition) is 0. The zero-order valence-electron chi connectivity index (χ0n) is 12.3. The Morgan fingerprint density at radius 3 is 2.33 bits per heavy atom. The van der Waals surface area contributed by atoms with Crippen molar-refractivity contribution < 1.29 is 20.8 Å². The zero-order chi connectivity index (χ0) is 15.2. The summed E-state index contributed by atoms with van der Waals surface area (Å²) in [6.45, 7) is 4.45. The SMILES string of the molecule is CC1=Cc2c(Cc3ccccc3)ccc(C)c2C1.[Cl][Zr][Cl]. The van der Waals surface area contributed by atoms with Gasteiger partial charge < -0.3 is 0 Å².